The molecule has 100 valence electrons. The van der Waals surface area contributed by atoms with E-state index in [0.29, 0.717) is 0 Å². The molecule has 1 aromatic carbocycles. The van der Waals surface area contributed by atoms with Gasteiger partial charge in [-0.2, -0.15) is 0 Å². The summed E-state index contributed by atoms with van der Waals surface area (Å²) in [7, 11) is 0. The maximum Gasteiger partial charge on any atom is 0.158 e. The van der Waals surface area contributed by atoms with Crippen molar-refractivity contribution < 1.29 is 10.2 Å². The molecule has 0 fully saturated rings. The van der Waals surface area contributed by atoms with E-state index in [0.717, 1.165) is 38.0 Å². The zero-order valence-electron chi connectivity index (χ0n) is 10.6. The number of phenols is 2. The largest absolute Gasteiger partial charge is 0.504 e. The van der Waals surface area contributed by atoms with Crippen LogP contribution in [0.5, 0.6) is 11.5 Å². The summed E-state index contributed by atoms with van der Waals surface area (Å²) in [5.74, 6) is -0.105. The van der Waals surface area contributed by atoms with Gasteiger partial charge in [0, 0.05) is 13.1 Å². The van der Waals surface area contributed by atoms with Gasteiger partial charge in [-0.15, -0.1) is 17.0 Å². The predicted octanol–water partition coefficient (Wildman–Crippen LogP) is 3.17. The van der Waals surface area contributed by atoms with Crippen molar-refractivity contribution in [2.45, 2.75) is 19.8 Å². The van der Waals surface area contributed by atoms with Gasteiger partial charge in [-0.3, -0.25) is 4.90 Å². The molecule has 4 heteroatoms. The van der Waals surface area contributed by atoms with Gasteiger partial charge in [0.2, 0.25) is 0 Å². The summed E-state index contributed by atoms with van der Waals surface area (Å²) in [6.45, 7) is 5.34. The molecule has 2 N–H and O–H groups in total. The number of aromatic hydroxyl groups is 2. The fraction of sp³-hybridized carbons (Fsp3) is 0.429. The molecule has 1 aliphatic heterocycles. The van der Waals surface area contributed by atoms with Gasteiger partial charge in [-0.05, 0) is 42.7 Å². The molecule has 0 unspecified atom stereocenters. The number of rotatable bonds is 3. The molecule has 0 saturated heterocycles. The number of hydrogen-bond donors (Lipinski definition) is 2. The molecule has 0 amide bonds. The lowest BCUT2D eigenvalue weighted by Crippen LogP contribution is -2.30. The van der Waals surface area contributed by atoms with Crippen LogP contribution in [0, 0.1) is 0 Å². The van der Waals surface area contributed by atoms with Crippen LogP contribution in [0.1, 0.15) is 25.3 Å². The Hall–Kier alpha value is -1.00. The Bertz CT molecular complexity index is 432. The highest BCUT2D eigenvalue weighted by Crippen LogP contribution is 2.29. The van der Waals surface area contributed by atoms with E-state index in [1.807, 2.05) is 6.07 Å². The highest BCUT2D eigenvalue weighted by Gasteiger charge is 2.13. The fourth-order valence-corrected chi connectivity index (χ4v) is 2.25. The molecule has 0 radical (unpaired) electrons. The molecule has 2 rings (SSSR count). The predicted molar refractivity (Wildman–Crippen MR) is 79.4 cm³/mol. The lowest BCUT2D eigenvalue weighted by Gasteiger charge is -2.27. The minimum atomic E-state index is -0.0597. The molecule has 1 heterocycles. The second kappa shape index (κ2) is 6.81. The van der Waals surface area contributed by atoms with Crippen LogP contribution in [0.3, 0.4) is 0 Å². The van der Waals surface area contributed by atoms with Gasteiger partial charge in [0.15, 0.2) is 11.5 Å². The molecular weight excluding hydrogens is 294 g/mol. The molecule has 0 saturated carbocycles. The molecule has 18 heavy (non-hydrogen) atoms. The lowest BCUT2D eigenvalue weighted by molar-refractivity contribution is 0.305. The highest BCUT2D eigenvalue weighted by molar-refractivity contribution is 8.93. The van der Waals surface area contributed by atoms with Crippen molar-refractivity contribution in [2.75, 3.05) is 19.6 Å². The number of hydrogen-bond acceptors (Lipinski definition) is 3. The SMILES string of the molecule is Br.CCCN1CCC=C(c2ccc(O)c(O)c2)C1. The molecule has 0 bridgehead atoms. The first-order valence-electron chi connectivity index (χ1n) is 6.14. The van der Waals surface area contributed by atoms with Crippen LogP contribution in [0.25, 0.3) is 5.57 Å². The van der Waals surface area contributed by atoms with Crippen molar-refractivity contribution in [1.82, 2.24) is 4.90 Å². The van der Waals surface area contributed by atoms with Crippen LogP contribution in [0.4, 0.5) is 0 Å². The minimum absolute atomic E-state index is 0. The van der Waals surface area contributed by atoms with E-state index < -0.39 is 0 Å². The Labute approximate surface area is 119 Å². The summed E-state index contributed by atoms with van der Waals surface area (Å²) in [5, 5.41) is 18.8. The first-order valence-corrected chi connectivity index (χ1v) is 6.14. The highest BCUT2D eigenvalue weighted by atomic mass is 79.9. The number of halogens is 1. The van der Waals surface area contributed by atoms with Gasteiger partial charge < -0.3 is 10.2 Å². The summed E-state index contributed by atoms with van der Waals surface area (Å²) in [6, 6.07) is 5.04. The van der Waals surface area contributed by atoms with Crippen LogP contribution < -0.4 is 0 Å². The number of phenolic OH excluding ortho intramolecular Hbond substituents is 2. The minimum Gasteiger partial charge on any atom is -0.504 e. The second-order valence-corrected chi connectivity index (χ2v) is 4.50. The first-order chi connectivity index (χ1) is 8.20. The first kappa shape index (κ1) is 15.1. The summed E-state index contributed by atoms with van der Waals surface area (Å²) < 4.78 is 0. The molecule has 1 aromatic rings. The zero-order valence-corrected chi connectivity index (χ0v) is 12.3. The Morgan fingerprint density at radius 1 is 1.22 bits per heavy atom. The Morgan fingerprint density at radius 3 is 2.67 bits per heavy atom. The molecule has 3 nitrogen and oxygen atoms in total. The van der Waals surface area contributed by atoms with Gasteiger partial charge in [-0.25, -0.2) is 0 Å². The zero-order chi connectivity index (χ0) is 12.3. The Kier molecular flexibility index (Phi) is 5.69. The van der Waals surface area contributed by atoms with Gasteiger partial charge in [0.25, 0.3) is 0 Å². The van der Waals surface area contributed by atoms with E-state index >= 15 is 0 Å². The summed E-state index contributed by atoms with van der Waals surface area (Å²) in [5.41, 5.74) is 2.24. The number of nitrogens with zero attached hydrogens (tertiary/aromatic N) is 1. The molecule has 0 atom stereocenters. The normalized spacial score (nSPS) is 15.9. The Morgan fingerprint density at radius 2 is 2.00 bits per heavy atom. The monoisotopic (exact) mass is 313 g/mol. The van der Waals surface area contributed by atoms with Gasteiger partial charge in [0.1, 0.15) is 0 Å². The fourth-order valence-electron chi connectivity index (χ4n) is 2.25. The third kappa shape index (κ3) is 3.50. The van der Waals surface area contributed by atoms with E-state index in [1.165, 1.54) is 5.57 Å². The van der Waals surface area contributed by atoms with Gasteiger partial charge in [-0.1, -0.05) is 19.1 Å². The van der Waals surface area contributed by atoms with Crippen molar-refractivity contribution in [3.8, 4) is 11.5 Å². The lowest BCUT2D eigenvalue weighted by atomic mass is 10.0. The van der Waals surface area contributed by atoms with Crippen molar-refractivity contribution in [2.24, 2.45) is 0 Å². The molecule has 0 aliphatic carbocycles. The smallest absolute Gasteiger partial charge is 0.158 e. The average molecular weight is 314 g/mol. The van der Waals surface area contributed by atoms with Crippen LogP contribution in [-0.4, -0.2) is 34.7 Å². The number of benzene rings is 1. The Balaban J connectivity index is 0.00000162. The van der Waals surface area contributed by atoms with Gasteiger partial charge >= 0.3 is 0 Å². The standard InChI is InChI=1S/C14H19NO2.BrH/c1-2-7-15-8-3-4-12(10-15)11-5-6-13(16)14(17)9-11;/h4-6,9,16-17H,2-3,7-8,10H2,1H3;1H. The third-order valence-electron chi connectivity index (χ3n) is 3.12. The van der Waals surface area contributed by atoms with Crippen LogP contribution in [0.15, 0.2) is 24.3 Å². The second-order valence-electron chi connectivity index (χ2n) is 4.50. The molecule has 1 aliphatic rings. The van der Waals surface area contributed by atoms with Crippen LogP contribution in [-0.2, 0) is 0 Å². The summed E-state index contributed by atoms with van der Waals surface area (Å²) >= 11 is 0. The molecule has 0 spiro atoms. The average Bonchev–Trinajstić information content (AvgIpc) is 2.33. The van der Waals surface area contributed by atoms with Crippen LogP contribution >= 0.6 is 17.0 Å². The maximum absolute atomic E-state index is 9.51. The van der Waals surface area contributed by atoms with E-state index in [9.17, 15) is 10.2 Å². The van der Waals surface area contributed by atoms with Crippen molar-refractivity contribution in [3.05, 3.63) is 29.8 Å². The third-order valence-corrected chi connectivity index (χ3v) is 3.12. The molecule has 0 aromatic heterocycles. The van der Waals surface area contributed by atoms with Crippen molar-refractivity contribution >= 4 is 22.6 Å². The van der Waals surface area contributed by atoms with Gasteiger partial charge in [0.05, 0.1) is 0 Å². The van der Waals surface area contributed by atoms with E-state index in [2.05, 4.69) is 17.9 Å². The molecular formula is C14H20BrNO2. The van der Waals surface area contributed by atoms with Crippen molar-refractivity contribution in [3.63, 3.8) is 0 Å². The maximum atomic E-state index is 9.51. The topological polar surface area (TPSA) is 43.7 Å². The van der Waals surface area contributed by atoms with Crippen LogP contribution in [0.2, 0.25) is 0 Å². The van der Waals surface area contributed by atoms with E-state index in [-0.39, 0.29) is 28.5 Å². The van der Waals surface area contributed by atoms with Crippen molar-refractivity contribution in [1.29, 1.82) is 0 Å². The summed E-state index contributed by atoms with van der Waals surface area (Å²) in [4.78, 5) is 2.42. The quantitative estimate of drug-likeness (QED) is 0.842. The van der Waals surface area contributed by atoms with E-state index in [1.54, 1.807) is 12.1 Å². The summed E-state index contributed by atoms with van der Waals surface area (Å²) in [6.07, 6.45) is 4.43. The van der Waals surface area contributed by atoms with E-state index in [4.69, 9.17) is 0 Å².